The summed E-state index contributed by atoms with van der Waals surface area (Å²) < 4.78 is 0. The lowest BCUT2D eigenvalue weighted by molar-refractivity contribution is -0.385. The number of rotatable bonds is 6. The molecular formula is C15H19N3O2S. The van der Waals surface area contributed by atoms with Crippen molar-refractivity contribution in [3.05, 3.63) is 55.5 Å². The summed E-state index contributed by atoms with van der Waals surface area (Å²) in [6.45, 7) is 6.53. The minimum absolute atomic E-state index is 0.125. The summed E-state index contributed by atoms with van der Waals surface area (Å²) in [6, 6.07) is 5.31. The van der Waals surface area contributed by atoms with Crippen molar-refractivity contribution in [2.45, 2.75) is 39.8 Å². The van der Waals surface area contributed by atoms with Gasteiger partial charge in [-0.15, -0.1) is 11.3 Å². The summed E-state index contributed by atoms with van der Waals surface area (Å²) in [5.74, 6) is 0. The molecule has 0 aliphatic heterocycles. The standard InChI is InChI=1S/C15H19N3O2S/c1-4-15-17-13(9-21-15)11(3)16-8-12-6-5-7-14(10(12)2)18(19)20/h5-7,9,11,16H,4,8H2,1-3H3. The largest absolute Gasteiger partial charge is 0.305 e. The highest BCUT2D eigenvalue weighted by Crippen LogP contribution is 2.22. The molecule has 0 saturated carbocycles. The van der Waals surface area contributed by atoms with E-state index in [0.717, 1.165) is 28.2 Å². The van der Waals surface area contributed by atoms with E-state index in [4.69, 9.17) is 0 Å². The van der Waals surface area contributed by atoms with Crippen molar-refractivity contribution in [2.75, 3.05) is 0 Å². The normalized spacial score (nSPS) is 12.3. The van der Waals surface area contributed by atoms with Crippen LogP contribution < -0.4 is 5.32 Å². The molecule has 0 amide bonds. The lowest BCUT2D eigenvalue weighted by Gasteiger charge is -2.13. The van der Waals surface area contributed by atoms with Crippen molar-refractivity contribution in [3.63, 3.8) is 0 Å². The summed E-state index contributed by atoms with van der Waals surface area (Å²) in [7, 11) is 0. The van der Waals surface area contributed by atoms with E-state index in [1.807, 2.05) is 6.07 Å². The number of nitrogens with one attached hydrogen (secondary N) is 1. The van der Waals surface area contributed by atoms with Gasteiger partial charge in [-0.1, -0.05) is 19.1 Å². The van der Waals surface area contributed by atoms with E-state index >= 15 is 0 Å². The van der Waals surface area contributed by atoms with Crippen LogP contribution in [0.1, 0.15) is 41.7 Å². The Labute approximate surface area is 128 Å². The van der Waals surface area contributed by atoms with Crippen molar-refractivity contribution in [1.29, 1.82) is 0 Å². The molecule has 1 aromatic heterocycles. The molecular weight excluding hydrogens is 286 g/mol. The van der Waals surface area contributed by atoms with E-state index < -0.39 is 0 Å². The van der Waals surface area contributed by atoms with E-state index in [1.54, 1.807) is 24.3 Å². The van der Waals surface area contributed by atoms with E-state index in [1.165, 1.54) is 6.07 Å². The molecule has 6 heteroatoms. The van der Waals surface area contributed by atoms with Crippen LogP contribution in [0, 0.1) is 17.0 Å². The molecule has 1 aromatic carbocycles. The highest BCUT2D eigenvalue weighted by molar-refractivity contribution is 7.09. The highest BCUT2D eigenvalue weighted by atomic mass is 32.1. The second kappa shape index (κ2) is 6.78. The minimum Gasteiger partial charge on any atom is -0.305 e. The minimum atomic E-state index is -0.337. The van der Waals surface area contributed by atoms with Gasteiger partial charge in [0, 0.05) is 29.6 Å². The third kappa shape index (κ3) is 3.65. The van der Waals surface area contributed by atoms with Gasteiger partial charge in [-0.25, -0.2) is 4.98 Å². The summed E-state index contributed by atoms with van der Waals surface area (Å²) in [6.07, 6.45) is 0.946. The van der Waals surface area contributed by atoms with Crippen LogP contribution in [0.3, 0.4) is 0 Å². The molecule has 0 aliphatic carbocycles. The van der Waals surface area contributed by atoms with Crippen LogP contribution in [-0.4, -0.2) is 9.91 Å². The Morgan fingerprint density at radius 2 is 2.24 bits per heavy atom. The van der Waals surface area contributed by atoms with Crippen LogP contribution >= 0.6 is 11.3 Å². The predicted molar refractivity (Wildman–Crippen MR) is 84.6 cm³/mol. The maximum atomic E-state index is 10.9. The van der Waals surface area contributed by atoms with Gasteiger partial charge in [0.2, 0.25) is 0 Å². The molecule has 2 aromatic rings. The van der Waals surface area contributed by atoms with E-state index in [0.29, 0.717) is 6.54 Å². The fraction of sp³-hybridized carbons (Fsp3) is 0.400. The third-order valence-electron chi connectivity index (χ3n) is 3.53. The van der Waals surface area contributed by atoms with Crippen LogP contribution in [-0.2, 0) is 13.0 Å². The monoisotopic (exact) mass is 305 g/mol. The number of aryl methyl sites for hydroxylation is 1. The summed E-state index contributed by atoms with van der Waals surface area (Å²) >= 11 is 1.67. The first kappa shape index (κ1) is 15.6. The fourth-order valence-corrected chi connectivity index (χ4v) is 2.95. The Morgan fingerprint density at radius 3 is 2.86 bits per heavy atom. The molecule has 0 aliphatic rings. The zero-order chi connectivity index (χ0) is 15.4. The first-order chi connectivity index (χ1) is 10.0. The Morgan fingerprint density at radius 1 is 1.48 bits per heavy atom. The summed E-state index contributed by atoms with van der Waals surface area (Å²) in [4.78, 5) is 15.2. The van der Waals surface area contributed by atoms with Crippen LogP contribution in [0.4, 0.5) is 5.69 Å². The van der Waals surface area contributed by atoms with Gasteiger partial charge < -0.3 is 5.32 Å². The van der Waals surface area contributed by atoms with Gasteiger partial charge in [0.1, 0.15) is 0 Å². The lowest BCUT2D eigenvalue weighted by atomic mass is 10.1. The Hall–Kier alpha value is -1.79. The molecule has 5 nitrogen and oxygen atoms in total. The van der Waals surface area contributed by atoms with E-state index in [9.17, 15) is 10.1 Å². The maximum Gasteiger partial charge on any atom is 0.272 e. The second-order valence-electron chi connectivity index (χ2n) is 4.94. The zero-order valence-corrected chi connectivity index (χ0v) is 13.2. The van der Waals surface area contributed by atoms with Crippen molar-refractivity contribution in [1.82, 2.24) is 10.3 Å². The molecule has 2 rings (SSSR count). The number of nitro benzene ring substituents is 1. The topological polar surface area (TPSA) is 68.1 Å². The van der Waals surface area contributed by atoms with Gasteiger partial charge in [0.25, 0.3) is 5.69 Å². The van der Waals surface area contributed by atoms with Crippen molar-refractivity contribution < 1.29 is 4.92 Å². The first-order valence-electron chi connectivity index (χ1n) is 6.93. The number of hydrogen-bond donors (Lipinski definition) is 1. The van der Waals surface area contributed by atoms with Gasteiger partial charge in [0.15, 0.2) is 0 Å². The van der Waals surface area contributed by atoms with Gasteiger partial charge in [0.05, 0.1) is 15.6 Å². The Bertz CT molecular complexity index is 640. The van der Waals surface area contributed by atoms with Crippen LogP contribution in [0.5, 0.6) is 0 Å². The molecule has 0 radical (unpaired) electrons. The average Bonchev–Trinajstić information content (AvgIpc) is 2.94. The van der Waals surface area contributed by atoms with Gasteiger partial charge in [-0.2, -0.15) is 0 Å². The smallest absolute Gasteiger partial charge is 0.272 e. The summed E-state index contributed by atoms with van der Waals surface area (Å²) in [5.41, 5.74) is 2.86. The van der Waals surface area contributed by atoms with Crippen molar-refractivity contribution >= 4 is 17.0 Å². The summed E-state index contributed by atoms with van der Waals surface area (Å²) in [5, 5.41) is 17.5. The second-order valence-corrected chi connectivity index (χ2v) is 5.88. The molecule has 0 fully saturated rings. The maximum absolute atomic E-state index is 10.9. The van der Waals surface area contributed by atoms with Crippen LogP contribution in [0.2, 0.25) is 0 Å². The predicted octanol–water partition coefficient (Wildman–Crippen LogP) is 3.77. The SMILES string of the molecule is CCc1nc(C(C)NCc2cccc([N+](=O)[O-])c2C)cs1. The first-order valence-corrected chi connectivity index (χ1v) is 7.81. The van der Waals surface area contributed by atoms with Gasteiger partial charge in [-0.3, -0.25) is 10.1 Å². The molecule has 112 valence electrons. The lowest BCUT2D eigenvalue weighted by Crippen LogP contribution is -2.19. The van der Waals surface area contributed by atoms with Crippen molar-refractivity contribution in [3.8, 4) is 0 Å². The molecule has 1 atom stereocenters. The number of nitrogens with zero attached hydrogens (tertiary/aromatic N) is 2. The number of thiazole rings is 1. The number of benzene rings is 1. The molecule has 0 spiro atoms. The highest BCUT2D eigenvalue weighted by Gasteiger charge is 2.14. The average molecular weight is 305 g/mol. The number of nitro groups is 1. The molecule has 0 bridgehead atoms. The molecule has 1 unspecified atom stereocenters. The molecule has 0 saturated heterocycles. The van der Waals surface area contributed by atoms with Crippen molar-refractivity contribution in [2.24, 2.45) is 0 Å². The van der Waals surface area contributed by atoms with Crippen LogP contribution in [0.25, 0.3) is 0 Å². The van der Waals surface area contributed by atoms with Gasteiger partial charge >= 0.3 is 0 Å². The third-order valence-corrected chi connectivity index (χ3v) is 4.54. The quantitative estimate of drug-likeness (QED) is 0.651. The number of aromatic nitrogens is 1. The molecule has 1 heterocycles. The molecule has 1 N–H and O–H groups in total. The van der Waals surface area contributed by atoms with E-state index in [2.05, 4.69) is 29.5 Å². The Balaban J connectivity index is 2.06. The molecule has 21 heavy (non-hydrogen) atoms. The number of hydrogen-bond acceptors (Lipinski definition) is 5. The fourth-order valence-electron chi connectivity index (χ4n) is 2.11. The zero-order valence-electron chi connectivity index (χ0n) is 12.4. The van der Waals surface area contributed by atoms with Crippen LogP contribution in [0.15, 0.2) is 23.6 Å². The van der Waals surface area contributed by atoms with Gasteiger partial charge in [-0.05, 0) is 25.8 Å². The van der Waals surface area contributed by atoms with E-state index in [-0.39, 0.29) is 16.7 Å². The Kier molecular flexibility index (Phi) is 5.03.